The van der Waals surface area contributed by atoms with Gasteiger partial charge in [0.05, 0.1) is 11.3 Å². The fourth-order valence-electron chi connectivity index (χ4n) is 1.31. The first-order valence-electron chi connectivity index (χ1n) is 4.23. The molecule has 0 spiro atoms. The molecule has 74 valence electrons. The fraction of sp³-hybridized carbons (Fsp3) is 0.200. The lowest BCUT2D eigenvalue weighted by molar-refractivity contribution is 0.330. The summed E-state index contributed by atoms with van der Waals surface area (Å²) in [6.07, 6.45) is 0. The molecule has 0 saturated carbocycles. The van der Waals surface area contributed by atoms with Crippen LogP contribution >= 0.6 is 33.9 Å². The maximum absolute atomic E-state index is 13.5. The van der Waals surface area contributed by atoms with Gasteiger partial charge in [0.25, 0.3) is 0 Å². The van der Waals surface area contributed by atoms with E-state index in [0.29, 0.717) is 12.4 Å². The molecule has 1 heterocycles. The molecule has 0 bridgehead atoms. The van der Waals surface area contributed by atoms with Crippen molar-refractivity contribution in [3.63, 3.8) is 0 Å². The van der Waals surface area contributed by atoms with Crippen LogP contribution in [0.15, 0.2) is 18.2 Å². The van der Waals surface area contributed by atoms with Crippen LogP contribution in [0.4, 0.5) is 4.39 Å². The Morgan fingerprint density at radius 3 is 3.00 bits per heavy atom. The molecule has 14 heavy (non-hydrogen) atoms. The summed E-state index contributed by atoms with van der Waals surface area (Å²) >= 11 is 3.35. The normalized spacial score (nSPS) is 10.8. The van der Waals surface area contributed by atoms with Crippen LogP contribution in [0.3, 0.4) is 0 Å². The zero-order valence-corrected chi connectivity index (χ0v) is 10.5. The lowest BCUT2D eigenvalue weighted by atomic mass is 10.2. The van der Waals surface area contributed by atoms with Gasteiger partial charge in [0.15, 0.2) is 5.75 Å². The minimum Gasteiger partial charge on any atom is -0.489 e. The molecule has 4 heteroatoms. The van der Waals surface area contributed by atoms with Gasteiger partial charge >= 0.3 is 0 Å². The Hall–Kier alpha value is -0.360. The molecular formula is C10H8FIOS. The molecule has 0 amide bonds. The summed E-state index contributed by atoms with van der Waals surface area (Å²) in [7, 11) is 0. The van der Waals surface area contributed by atoms with E-state index in [9.17, 15) is 4.39 Å². The second-order valence-corrected chi connectivity index (χ2v) is 4.89. The predicted molar refractivity (Wildman–Crippen MR) is 65.7 cm³/mol. The first-order valence-corrected chi connectivity index (χ1v) is 6.13. The predicted octanol–water partition coefficient (Wildman–Crippen LogP) is 4.04. The van der Waals surface area contributed by atoms with E-state index in [-0.39, 0.29) is 5.13 Å². The van der Waals surface area contributed by atoms with Crippen LogP contribution in [0.2, 0.25) is 0 Å². The van der Waals surface area contributed by atoms with Crippen LogP contribution in [0.1, 0.15) is 6.92 Å². The Kier molecular flexibility index (Phi) is 2.92. The van der Waals surface area contributed by atoms with Gasteiger partial charge in [-0.1, -0.05) is 6.07 Å². The van der Waals surface area contributed by atoms with Gasteiger partial charge in [0, 0.05) is 8.96 Å². The Labute approximate surface area is 99.0 Å². The smallest absolute Gasteiger partial charge is 0.219 e. The number of halogens is 2. The van der Waals surface area contributed by atoms with Crippen LogP contribution in [0.5, 0.6) is 5.75 Å². The van der Waals surface area contributed by atoms with Crippen LogP contribution in [0.25, 0.3) is 10.1 Å². The zero-order chi connectivity index (χ0) is 10.1. The first-order chi connectivity index (χ1) is 6.74. The van der Waals surface area contributed by atoms with Gasteiger partial charge < -0.3 is 4.74 Å². The minimum absolute atomic E-state index is 0.231. The van der Waals surface area contributed by atoms with Crippen molar-refractivity contribution in [3.8, 4) is 5.75 Å². The van der Waals surface area contributed by atoms with Gasteiger partial charge in [-0.25, -0.2) is 0 Å². The summed E-state index contributed by atoms with van der Waals surface area (Å²) in [5.41, 5.74) is 0. The Morgan fingerprint density at radius 2 is 2.29 bits per heavy atom. The van der Waals surface area contributed by atoms with Crippen molar-refractivity contribution >= 4 is 44.0 Å². The van der Waals surface area contributed by atoms with E-state index in [1.807, 2.05) is 25.1 Å². The van der Waals surface area contributed by atoms with Crippen molar-refractivity contribution in [3.05, 3.63) is 26.9 Å². The molecule has 0 aliphatic carbocycles. The zero-order valence-electron chi connectivity index (χ0n) is 7.51. The number of benzene rings is 1. The molecule has 0 fully saturated rings. The highest BCUT2D eigenvalue weighted by molar-refractivity contribution is 14.1. The molecule has 1 aromatic carbocycles. The molecule has 0 saturated heterocycles. The number of thiophene rings is 1. The number of rotatable bonds is 2. The molecule has 0 N–H and O–H groups in total. The Morgan fingerprint density at radius 1 is 1.50 bits per heavy atom. The van der Waals surface area contributed by atoms with Crippen molar-refractivity contribution in [2.24, 2.45) is 0 Å². The third-order valence-corrected chi connectivity index (χ3v) is 4.14. The Bertz CT molecular complexity index is 466. The summed E-state index contributed by atoms with van der Waals surface area (Å²) in [5, 5.41) is 0.646. The van der Waals surface area contributed by atoms with Gasteiger partial charge in [-0.15, -0.1) is 11.3 Å². The number of hydrogen-bond donors (Lipinski definition) is 0. The van der Waals surface area contributed by atoms with E-state index in [1.165, 1.54) is 0 Å². The van der Waals surface area contributed by atoms with E-state index >= 15 is 0 Å². The van der Waals surface area contributed by atoms with Crippen LogP contribution in [0, 0.1) is 8.70 Å². The molecule has 0 atom stereocenters. The molecule has 1 aromatic heterocycles. The van der Waals surface area contributed by atoms with Gasteiger partial charge in [0.1, 0.15) is 0 Å². The van der Waals surface area contributed by atoms with E-state index in [4.69, 9.17) is 4.74 Å². The molecule has 0 unspecified atom stereocenters. The maximum Gasteiger partial charge on any atom is 0.219 e. The lowest BCUT2D eigenvalue weighted by Crippen LogP contribution is -1.91. The van der Waals surface area contributed by atoms with Crippen molar-refractivity contribution in [2.75, 3.05) is 6.61 Å². The highest BCUT2D eigenvalue weighted by Gasteiger charge is 2.14. The lowest BCUT2D eigenvalue weighted by Gasteiger charge is -2.00. The average molecular weight is 322 g/mol. The standard InChI is InChI=1S/C10H8FIOS/c1-2-13-8-6-4-3-5-7(12)9(6)14-10(8)11/h3-5H,2H2,1H3. The third-order valence-electron chi connectivity index (χ3n) is 1.87. The molecular weight excluding hydrogens is 314 g/mol. The summed E-state index contributed by atoms with van der Waals surface area (Å²) in [5.74, 6) is 0.394. The number of ether oxygens (including phenoxy) is 1. The van der Waals surface area contributed by atoms with E-state index in [1.54, 1.807) is 0 Å². The van der Waals surface area contributed by atoms with Crippen molar-refractivity contribution in [1.29, 1.82) is 0 Å². The summed E-state index contributed by atoms with van der Waals surface area (Å²) in [6, 6.07) is 5.77. The van der Waals surface area contributed by atoms with Crippen LogP contribution in [-0.2, 0) is 0 Å². The van der Waals surface area contributed by atoms with E-state index in [2.05, 4.69) is 22.6 Å². The number of fused-ring (bicyclic) bond motifs is 1. The van der Waals surface area contributed by atoms with Gasteiger partial charge in [-0.2, -0.15) is 4.39 Å². The van der Waals surface area contributed by atoms with Gasteiger partial charge in [-0.05, 0) is 41.6 Å². The summed E-state index contributed by atoms with van der Waals surface area (Å²) in [4.78, 5) is 0. The minimum atomic E-state index is -0.231. The van der Waals surface area contributed by atoms with Crippen molar-refractivity contribution < 1.29 is 9.13 Å². The third kappa shape index (κ3) is 1.61. The molecule has 2 aromatic rings. The van der Waals surface area contributed by atoms with Gasteiger partial charge in [0.2, 0.25) is 5.13 Å². The highest BCUT2D eigenvalue weighted by atomic mass is 127. The van der Waals surface area contributed by atoms with Crippen LogP contribution < -0.4 is 4.74 Å². The van der Waals surface area contributed by atoms with Crippen LogP contribution in [-0.4, -0.2) is 6.61 Å². The highest BCUT2D eigenvalue weighted by Crippen LogP contribution is 2.38. The summed E-state index contributed by atoms with van der Waals surface area (Å²) < 4.78 is 20.8. The SMILES string of the molecule is CCOc1c(F)sc2c(I)cccc12. The largest absolute Gasteiger partial charge is 0.489 e. The number of hydrogen-bond acceptors (Lipinski definition) is 2. The first kappa shape index (κ1) is 10.2. The topological polar surface area (TPSA) is 9.23 Å². The second kappa shape index (κ2) is 4.02. The average Bonchev–Trinajstić information content (AvgIpc) is 2.47. The quantitative estimate of drug-likeness (QED) is 0.758. The Balaban J connectivity index is 2.70. The van der Waals surface area contributed by atoms with E-state index < -0.39 is 0 Å². The van der Waals surface area contributed by atoms with Crippen molar-refractivity contribution in [2.45, 2.75) is 6.92 Å². The maximum atomic E-state index is 13.5. The van der Waals surface area contributed by atoms with Gasteiger partial charge in [-0.3, -0.25) is 0 Å². The van der Waals surface area contributed by atoms with Crippen molar-refractivity contribution in [1.82, 2.24) is 0 Å². The van der Waals surface area contributed by atoms with E-state index in [0.717, 1.165) is 25.0 Å². The summed E-state index contributed by atoms with van der Waals surface area (Å²) in [6.45, 7) is 2.35. The monoisotopic (exact) mass is 322 g/mol. The second-order valence-electron chi connectivity index (χ2n) is 2.75. The fourth-order valence-corrected chi connectivity index (χ4v) is 3.02. The molecule has 0 aliphatic rings. The molecule has 1 nitrogen and oxygen atoms in total. The molecule has 0 radical (unpaired) electrons. The molecule has 0 aliphatic heterocycles. The molecule has 2 rings (SSSR count).